The molecule has 4 rings (SSSR count). The van der Waals surface area contributed by atoms with Gasteiger partial charge in [-0.1, -0.05) is 0 Å². The Morgan fingerprint density at radius 2 is 1.76 bits per heavy atom. The summed E-state index contributed by atoms with van der Waals surface area (Å²) in [6, 6.07) is 4.13. The molecule has 0 aliphatic carbocycles. The number of pyridine rings is 1. The molecule has 0 aromatic carbocycles. The van der Waals surface area contributed by atoms with Crippen molar-refractivity contribution in [1.29, 1.82) is 0 Å². The van der Waals surface area contributed by atoms with Gasteiger partial charge in [-0.15, -0.1) is 22.7 Å². The third-order valence-corrected chi connectivity index (χ3v) is 5.37. The molecule has 3 aromatic heterocycles. The summed E-state index contributed by atoms with van der Waals surface area (Å²) in [7, 11) is 0. The SMILES string of the molecule is Cc1cc(-c2nc(-c3csc(NC4=NCCCN4)n3)cs2)cc(C)n1. The molecule has 1 aliphatic rings. The first-order chi connectivity index (χ1) is 12.2. The minimum Gasteiger partial charge on any atom is -0.356 e. The molecule has 25 heavy (non-hydrogen) atoms. The molecule has 2 N–H and O–H groups in total. The Morgan fingerprint density at radius 1 is 1.00 bits per heavy atom. The van der Waals surface area contributed by atoms with Crippen molar-refractivity contribution in [3.63, 3.8) is 0 Å². The predicted octanol–water partition coefficient (Wildman–Crippen LogP) is 3.71. The zero-order valence-electron chi connectivity index (χ0n) is 14.0. The van der Waals surface area contributed by atoms with Crippen LogP contribution in [0.1, 0.15) is 17.8 Å². The number of hydrogen-bond donors (Lipinski definition) is 2. The van der Waals surface area contributed by atoms with Gasteiger partial charge in [-0.25, -0.2) is 9.97 Å². The number of guanidine groups is 1. The van der Waals surface area contributed by atoms with Gasteiger partial charge in [0, 0.05) is 40.8 Å². The predicted molar refractivity (Wildman–Crippen MR) is 104 cm³/mol. The zero-order chi connectivity index (χ0) is 17.2. The van der Waals surface area contributed by atoms with Crippen molar-refractivity contribution < 1.29 is 0 Å². The van der Waals surface area contributed by atoms with Crippen molar-refractivity contribution in [2.45, 2.75) is 20.3 Å². The fraction of sp³-hybridized carbons (Fsp3) is 0.294. The van der Waals surface area contributed by atoms with Crippen LogP contribution >= 0.6 is 22.7 Å². The number of thiazole rings is 2. The Morgan fingerprint density at radius 3 is 2.52 bits per heavy atom. The van der Waals surface area contributed by atoms with E-state index in [0.717, 1.165) is 63.9 Å². The largest absolute Gasteiger partial charge is 0.356 e. The summed E-state index contributed by atoms with van der Waals surface area (Å²) in [6.45, 7) is 5.81. The van der Waals surface area contributed by atoms with Crippen LogP contribution in [0.3, 0.4) is 0 Å². The van der Waals surface area contributed by atoms with Crippen molar-refractivity contribution in [2.24, 2.45) is 4.99 Å². The van der Waals surface area contributed by atoms with Gasteiger partial charge in [0.05, 0.1) is 0 Å². The first-order valence-electron chi connectivity index (χ1n) is 8.10. The van der Waals surface area contributed by atoms with Gasteiger partial charge in [0.15, 0.2) is 11.1 Å². The number of rotatable bonds is 3. The van der Waals surface area contributed by atoms with Gasteiger partial charge in [0.25, 0.3) is 0 Å². The van der Waals surface area contributed by atoms with Crippen molar-refractivity contribution in [3.8, 4) is 22.0 Å². The molecule has 3 aromatic rings. The fourth-order valence-corrected chi connectivity index (χ4v) is 4.15. The highest BCUT2D eigenvalue weighted by molar-refractivity contribution is 7.14. The number of aliphatic imine (C=N–C) groups is 1. The first-order valence-corrected chi connectivity index (χ1v) is 9.86. The van der Waals surface area contributed by atoms with Gasteiger partial charge >= 0.3 is 0 Å². The average Bonchev–Trinajstić information content (AvgIpc) is 3.24. The Balaban J connectivity index is 1.55. The maximum absolute atomic E-state index is 4.75. The number of nitrogens with one attached hydrogen (secondary N) is 2. The molecule has 0 atom stereocenters. The van der Waals surface area contributed by atoms with E-state index in [4.69, 9.17) is 4.98 Å². The van der Waals surface area contributed by atoms with Crippen LogP contribution in [0.5, 0.6) is 0 Å². The first kappa shape index (κ1) is 16.2. The van der Waals surface area contributed by atoms with E-state index in [2.05, 4.69) is 43.1 Å². The molecular formula is C17H18N6S2. The second kappa shape index (κ2) is 6.89. The van der Waals surface area contributed by atoms with Gasteiger partial charge < -0.3 is 10.6 Å². The molecule has 1 aliphatic heterocycles. The lowest BCUT2D eigenvalue weighted by Gasteiger charge is -2.13. The number of anilines is 1. The maximum atomic E-state index is 4.75. The second-order valence-electron chi connectivity index (χ2n) is 5.85. The van der Waals surface area contributed by atoms with Crippen molar-refractivity contribution in [2.75, 3.05) is 18.4 Å². The highest BCUT2D eigenvalue weighted by Crippen LogP contribution is 2.31. The molecule has 0 unspecified atom stereocenters. The Labute approximate surface area is 154 Å². The minimum absolute atomic E-state index is 0.800. The molecule has 128 valence electrons. The number of nitrogens with zero attached hydrogens (tertiary/aromatic N) is 4. The van der Waals surface area contributed by atoms with Gasteiger partial charge in [-0.2, -0.15) is 0 Å². The summed E-state index contributed by atoms with van der Waals surface area (Å²) < 4.78 is 0. The summed E-state index contributed by atoms with van der Waals surface area (Å²) >= 11 is 3.19. The lowest BCUT2D eigenvalue weighted by Crippen LogP contribution is -2.35. The maximum Gasteiger partial charge on any atom is 0.197 e. The van der Waals surface area contributed by atoms with E-state index in [-0.39, 0.29) is 0 Å². The topological polar surface area (TPSA) is 75.1 Å². The monoisotopic (exact) mass is 370 g/mol. The molecule has 0 bridgehead atoms. The van der Waals surface area contributed by atoms with E-state index in [1.54, 1.807) is 22.7 Å². The molecule has 0 spiro atoms. The molecule has 0 fully saturated rings. The smallest absolute Gasteiger partial charge is 0.197 e. The van der Waals surface area contributed by atoms with Gasteiger partial charge in [0.2, 0.25) is 0 Å². The minimum atomic E-state index is 0.800. The van der Waals surface area contributed by atoms with Gasteiger partial charge in [-0.3, -0.25) is 9.98 Å². The number of aryl methyl sites for hydroxylation is 2. The molecule has 8 heteroatoms. The van der Waals surface area contributed by atoms with Crippen LogP contribution in [0.2, 0.25) is 0 Å². The normalized spacial score (nSPS) is 14.1. The van der Waals surface area contributed by atoms with E-state index in [1.165, 1.54) is 0 Å². The van der Waals surface area contributed by atoms with Crippen LogP contribution < -0.4 is 10.6 Å². The third kappa shape index (κ3) is 3.69. The van der Waals surface area contributed by atoms with Gasteiger partial charge in [0.1, 0.15) is 16.4 Å². The summed E-state index contributed by atoms with van der Waals surface area (Å²) in [5.74, 6) is 0.800. The highest BCUT2D eigenvalue weighted by atomic mass is 32.1. The zero-order valence-corrected chi connectivity index (χ0v) is 15.7. The molecule has 6 nitrogen and oxygen atoms in total. The Bertz CT molecular complexity index is 907. The molecule has 0 amide bonds. The Hall–Kier alpha value is -2.32. The van der Waals surface area contributed by atoms with E-state index in [1.807, 2.05) is 19.2 Å². The van der Waals surface area contributed by atoms with Crippen LogP contribution in [-0.4, -0.2) is 34.0 Å². The second-order valence-corrected chi connectivity index (χ2v) is 7.57. The van der Waals surface area contributed by atoms with Gasteiger partial charge in [-0.05, 0) is 32.4 Å². The van der Waals surface area contributed by atoms with E-state index >= 15 is 0 Å². The molecule has 4 heterocycles. The van der Waals surface area contributed by atoms with Crippen LogP contribution in [-0.2, 0) is 0 Å². The lowest BCUT2D eigenvalue weighted by molar-refractivity contribution is 0.740. The number of aromatic nitrogens is 3. The third-order valence-electron chi connectivity index (χ3n) is 3.72. The molecule has 0 saturated heterocycles. The summed E-state index contributed by atoms with van der Waals surface area (Å²) in [5.41, 5.74) is 4.90. The number of hydrogen-bond acceptors (Lipinski definition) is 8. The highest BCUT2D eigenvalue weighted by Gasteiger charge is 2.12. The summed E-state index contributed by atoms with van der Waals surface area (Å²) in [4.78, 5) is 18.2. The summed E-state index contributed by atoms with van der Waals surface area (Å²) in [6.07, 6.45) is 1.07. The standard InChI is InChI=1S/C17H18N6S2/c1-10-6-12(7-11(2)20-10)15-21-13(8-24-15)14-9-25-17(22-14)23-16-18-4-3-5-19-16/h6-9H,3-5H2,1-2H3,(H2,18,19,22,23). The quantitative estimate of drug-likeness (QED) is 0.735. The van der Waals surface area contributed by atoms with Crippen LogP contribution in [0.15, 0.2) is 27.9 Å². The molecule has 0 saturated carbocycles. The lowest BCUT2D eigenvalue weighted by atomic mass is 10.2. The van der Waals surface area contributed by atoms with Crippen LogP contribution in [0.25, 0.3) is 22.0 Å². The Kier molecular flexibility index (Phi) is 4.46. The van der Waals surface area contributed by atoms with Crippen LogP contribution in [0.4, 0.5) is 5.13 Å². The van der Waals surface area contributed by atoms with E-state index in [0.29, 0.717) is 0 Å². The van der Waals surface area contributed by atoms with E-state index < -0.39 is 0 Å². The molecule has 0 radical (unpaired) electrons. The van der Waals surface area contributed by atoms with E-state index in [9.17, 15) is 0 Å². The van der Waals surface area contributed by atoms with Crippen molar-refractivity contribution in [3.05, 3.63) is 34.3 Å². The summed E-state index contributed by atoms with van der Waals surface area (Å²) in [5, 5.41) is 12.4. The average molecular weight is 371 g/mol. The van der Waals surface area contributed by atoms with Crippen molar-refractivity contribution in [1.82, 2.24) is 20.3 Å². The van der Waals surface area contributed by atoms with Crippen molar-refractivity contribution >= 4 is 33.8 Å². The fourth-order valence-electron chi connectivity index (χ4n) is 2.65. The van der Waals surface area contributed by atoms with Crippen LogP contribution in [0, 0.1) is 13.8 Å². The molecular weight excluding hydrogens is 352 g/mol.